The maximum absolute atomic E-state index is 12.7. The minimum absolute atomic E-state index is 0.139. The van der Waals surface area contributed by atoms with Gasteiger partial charge in [0.05, 0.1) is 4.90 Å². The number of rotatable bonds is 7. The van der Waals surface area contributed by atoms with E-state index in [-0.39, 0.29) is 28.5 Å². The Morgan fingerprint density at radius 2 is 1.82 bits per heavy atom. The number of likely N-dealkylation sites (tertiary alicyclic amines) is 1. The number of sulfonamides is 1. The second kappa shape index (κ2) is 10.3. The molecule has 0 saturated carbocycles. The van der Waals surface area contributed by atoms with Gasteiger partial charge in [-0.2, -0.15) is 0 Å². The number of nitrogens with two attached hydrogens (primary N) is 1. The van der Waals surface area contributed by atoms with E-state index in [0.29, 0.717) is 48.2 Å². The number of nitrogens with zero attached hydrogens (tertiary/aromatic N) is 2. The smallest absolute Gasteiger partial charge is 0.410 e. The summed E-state index contributed by atoms with van der Waals surface area (Å²) in [6.45, 7) is 8.28. The molecular formula is C22H31N5O5S2. The third-order valence-corrected chi connectivity index (χ3v) is 7.74. The quantitative estimate of drug-likeness (QED) is 0.480. The van der Waals surface area contributed by atoms with Crippen molar-refractivity contribution < 1.29 is 22.7 Å². The number of benzene rings is 1. The first-order chi connectivity index (χ1) is 15.8. The van der Waals surface area contributed by atoms with Gasteiger partial charge in [0.15, 0.2) is 10.9 Å². The van der Waals surface area contributed by atoms with Crippen molar-refractivity contribution in [3.63, 3.8) is 0 Å². The van der Waals surface area contributed by atoms with Crippen molar-refractivity contribution in [3.05, 3.63) is 29.1 Å². The van der Waals surface area contributed by atoms with Crippen LogP contribution in [0, 0.1) is 5.92 Å². The molecule has 4 N–H and O–H groups in total. The average molecular weight is 510 g/mol. The Hall–Kier alpha value is -2.70. The lowest BCUT2D eigenvalue weighted by Crippen LogP contribution is -2.43. The number of anilines is 3. The fraction of sp³-hybridized carbons (Fsp3) is 0.500. The van der Waals surface area contributed by atoms with E-state index in [9.17, 15) is 18.0 Å². The molecule has 0 aliphatic carbocycles. The Kier molecular flexibility index (Phi) is 7.84. The van der Waals surface area contributed by atoms with E-state index < -0.39 is 15.6 Å². The second-order valence-electron chi connectivity index (χ2n) is 9.20. The maximum Gasteiger partial charge on any atom is 0.410 e. The highest BCUT2D eigenvalue weighted by Gasteiger charge is 2.27. The minimum Gasteiger partial charge on any atom is -0.444 e. The molecule has 1 aliphatic heterocycles. The van der Waals surface area contributed by atoms with E-state index in [4.69, 9.17) is 10.5 Å². The molecule has 34 heavy (non-hydrogen) atoms. The number of ether oxygens (including phenoxy) is 1. The van der Waals surface area contributed by atoms with Gasteiger partial charge in [0, 0.05) is 32.2 Å². The zero-order chi connectivity index (χ0) is 25.1. The summed E-state index contributed by atoms with van der Waals surface area (Å²) in [5, 5.41) is 3.48. The molecule has 2 heterocycles. The van der Waals surface area contributed by atoms with Crippen molar-refractivity contribution in [2.45, 2.75) is 51.0 Å². The fourth-order valence-corrected chi connectivity index (χ4v) is 5.35. The Morgan fingerprint density at radius 3 is 2.35 bits per heavy atom. The first-order valence-electron chi connectivity index (χ1n) is 11.0. The van der Waals surface area contributed by atoms with Crippen LogP contribution in [0.25, 0.3) is 0 Å². The number of nitrogens with one attached hydrogen (secondary N) is 2. The highest BCUT2D eigenvalue weighted by atomic mass is 32.2. The van der Waals surface area contributed by atoms with Crippen molar-refractivity contribution in [1.29, 1.82) is 0 Å². The van der Waals surface area contributed by atoms with Gasteiger partial charge in [0.1, 0.15) is 16.3 Å². The van der Waals surface area contributed by atoms with Crippen molar-refractivity contribution in [2.75, 3.05) is 30.7 Å². The van der Waals surface area contributed by atoms with Gasteiger partial charge in [-0.15, -0.1) is 0 Å². The largest absolute Gasteiger partial charge is 0.444 e. The average Bonchev–Trinajstić information content (AvgIpc) is 3.12. The molecule has 1 aromatic carbocycles. The van der Waals surface area contributed by atoms with Crippen LogP contribution in [0.5, 0.6) is 0 Å². The van der Waals surface area contributed by atoms with Gasteiger partial charge >= 0.3 is 6.09 Å². The third kappa shape index (κ3) is 6.90. The van der Waals surface area contributed by atoms with Gasteiger partial charge in [-0.1, -0.05) is 11.3 Å². The lowest BCUT2D eigenvalue weighted by atomic mass is 9.97. The molecule has 1 fully saturated rings. The number of thiazole rings is 1. The number of amides is 1. The molecule has 1 aliphatic rings. The molecule has 1 amide bonds. The van der Waals surface area contributed by atoms with Crippen LogP contribution >= 0.6 is 11.3 Å². The second-order valence-corrected chi connectivity index (χ2v) is 12.0. The monoisotopic (exact) mass is 509 g/mol. The first-order valence-corrected chi connectivity index (χ1v) is 13.3. The molecule has 0 unspecified atom stereocenters. The molecule has 3 rings (SSSR count). The fourth-order valence-electron chi connectivity index (χ4n) is 3.44. The van der Waals surface area contributed by atoms with E-state index in [1.165, 1.54) is 19.1 Å². The van der Waals surface area contributed by atoms with Crippen LogP contribution in [0.3, 0.4) is 0 Å². The number of carbonyl (C=O) groups is 2. The SMILES string of the molecule is CC(=O)c1sc(Nc2ccc(S(=O)(=O)NCC3CCN(C(=O)OC(C)(C)C)CC3)cc2)nc1N. The lowest BCUT2D eigenvalue weighted by molar-refractivity contribution is 0.0185. The molecule has 2 aromatic rings. The van der Waals surface area contributed by atoms with Gasteiger partial charge in [-0.25, -0.2) is 22.9 Å². The number of aromatic nitrogens is 1. The summed E-state index contributed by atoms with van der Waals surface area (Å²) >= 11 is 1.14. The molecule has 186 valence electrons. The van der Waals surface area contributed by atoms with Crippen LogP contribution in [0.1, 0.15) is 50.2 Å². The number of ketones is 1. The first kappa shape index (κ1) is 25.9. The van der Waals surface area contributed by atoms with Crippen molar-refractivity contribution in [1.82, 2.24) is 14.6 Å². The number of hydrogen-bond donors (Lipinski definition) is 3. The molecule has 10 nitrogen and oxygen atoms in total. The summed E-state index contributed by atoms with van der Waals surface area (Å²) in [6.07, 6.45) is 1.06. The van der Waals surface area contributed by atoms with Gasteiger partial charge < -0.3 is 20.7 Å². The molecule has 0 spiro atoms. The van der Waals surface area contributed by atoms with Crippen LogP contribution in [-0.4, -0.2) is 55.4 Å². The minimum atomic E-state index is -3.68. The molecule has 0 radical (unpaired) electrons. The maximum atomic E-state index is 12.7. The number of carbonyl (C=O) groups excluding carboxylic acids is 2. The summed E-state index contributed by atoms with van der Waals surface area (Å²) in [4.78, 5) is 30.0. The van der Waals surface area contributed by atoms with Crippen LogP contribution in [0.2, 0.25) is 0 Å². The molecule has 1 saturated heterocycles. The lowest BCUT2D eigenvalue weighted by Gasteiger charge is -2.33. The summed E-state index contributed by atoms with van der Waals surface area (Å²) in [5.74, 6) is 0.145. The van der Waals surface area contributed by atoms with E-state index in [2.05, 4.69) is 15.0 Å². The zero-order valence-corrected chi connectivity index (χ0v) is 21.4. The summed E-state index contributed by atoms with van der Waals surface area (Å²) < 4.78 is 33.5. The van der Waals surface area contributed by atoms with Gasteiger partial charge in [0.2, 0.25) is 10.0 Å². The topological polar surface area (TPSA) is 144 Å². The molecule has 0 atom stereocenters. The van der Waals surface area contributed by atoms with Crippen LogP contribution in [0.4, 0.5) is 21.4 Å². The van der Waals surface area contributed by atoms with Crippen molar-refractivity contribution in [3.8, 4) is 0 Å². The number of nitrogen functional groups attached to an aromatic ring is 1. The van der Waals surface area contributed by atoms with E-state index in [1.807, 2.05) is 20.8 Å². The third-order valence-electron chi connectivity index (χ3n) is 5.22. The van der Waals surface area contributed by atoms with Gasteiger partial charge in [-0.3, -0.25) is 4.79 Å². The number of hydrogen-bond acceptors (Lipinski definition) is 9. The van der Waals surface area contributed by atoms with Gasteiger partial charge in [0.25, 0.3) is 0 Å². The summed E-state index contributed by atoms with van der Waals surface area (Å²) in [5.41, 5.74) is 5.82. The molecule has 1 aromatic heterocycles. The normalized spacial score (nSPS) is 15.2. The molecule has 12 heteroatoms. The Bertz CT molecular complexity index is 1130. The molecular weight excluding hydrogens is 478 g/mol. The highest BCUT2D eigenvalue weighted by Crippen LogP contribution is 2.28. The van der Waals surface area contributed by atoms with Crippen molar-refractivity contribution >= 4 is 49.9 Å². The Labute approximate surface area is 203 Å². The van der Waals surface area contributed by atoms with E-state index >= 15 is 0 Å². The van der Waals surface area contributed by atoms with Crippen LogP contribution in [0.15, 0.2) is 29.2 Å². The summed E-state index contributed by atoms with van der Waals surface area (Å²) in [6, 6.07) is 6.25. The molecule has 0 bridgehead atoms. The Morgan fingerprint density at radius 1 is 1.21 bits per heavy atom. The highest BCUT2D eigenvalue weighted by molar-refractivity contribution is 7.89. The van der Waals surface area contributed by atoms with Gasteiger partial charge in [-0.05, 0) is 63.8 Å². The summed E-state index contributed by atoms with van der Waals surface area (Å²) in [7, 11) is -3.68. The predicted molar refractivity (Wildman–Crippen MR) is 132 cm³/mol. The van der Waals surface area contributed by atoms with E-state index in [0.717, 1.165) is 11.3 Å². The van der Waals surface area contributed by atoms with Crippen LogP contribution in [-0.2, 0) is 14.8 Å². The van der Waals surface area contributed by atoms with E-state index in [1.54, 1.807) is 17.0 Å². The standard InChI is InChI=1S/C22H31N5O5S2/c1-14(28)18-19(23)26-20(33-18)25-16-5-7-17(8-6-16)34(30,31)24-13-15-9-11-27(12-10-15)21(29)32-22(2,3)4/h5-8,15,24H,9-13,23H2,1-4H3,(H,25,26). The Balaban J connectivity index is 1.51. The predicted octanol–water partition coefficient (Wildman–Crippen LogP) is 3.60. The number of Topliss-reactive ketones (excluding diaryl/α,β-unsaturated/α-hetero) is 1. The van der Waals surface area contributed by atoms with Crippen LogP contribution < -0.4 is 15.8 Å². The zero-order valence-electron chi connectivity index (χ0n) is 19.8. The number of piperidine rings is 1. The van der Waals surface area contributed by atoms with Crippen molar-refractivity contribution in [2.24, 2.45) is 5.92 Å².